The standard InChI is InChI=1S/C17H15BrO4/c1-12(19)21-16-5-3-2-4-15(16)17(20)22-14-8-6-13(7-9-14)10-11-18/h2-9H,10-11H2,1H3. The fraction of sp³-hybridized carbons (Fsp3) is 0.176. The predicted octanol–water partition coefficient (Wildman–Crippen LogP) is 3.77. The number of alkyl halides is 1. The van der Waals surface area contributed by atoms with Crippen molar-refractivity contribution in [2.45, 2.75) is 13.3 Å². The quantitative estimate of drug-likeness (QED) is 0.461. The fourth-order valence-electron chi connectivity index (χ4n) is 1.87. The minimum atomic E-state index is -0.565. The molecule has 0 amide bonds. The lowest BCUT2D eigenvalue weighted by Gasteiger charge is -2.09. The maximum Gasteiger partial charge on any atom is 0.347 e. The molecule has 4 nitrogen and oxygen atoms in total. The molecule has 2 aromatic rings. The molecule has 0 aliphatic carbocycles. The van der Waals surface area contributed by atoms with E-state index in [1.807, 2.05) is 12.1 Å². The van der Waals surface area contributed by atoms with Crippen LogP contribution in [-0.4, -0.2) is 17.3 Å². The Bertz CT molecular complexity index is 665. The molecule has 0 aliphatic heterocycles. The second-order valence-electron chi connectivity index (χ2n) is 4.56. The van der Waals surface area contributed by atoms with E-state index in [1.165, 1.54) is 6.92 Å². The molecule has 0 aliphatic rings. The van der Waals surface area contributed by atoms with Crippen molar-refractivity contribution in [3.63, 3.8) is 0 Å². The molecule has 114 valence electrons. The van der Waals surface area contributed by atoms with Crippen LogP contribution in [0.3, 0.4) is 0 Å². The summed E-state index contributed by atoms with van der Waals surface area (Å²) in [5, 5.41) is 0.877. The van der Waals surface area contributed by atoms with Gasteiger partial charge in [-0.05, 0) is 36.2 Å². The van der Waals surface area contributed by atoms with Crippen molar-refractivity contribution in [2.75, 3.05) is 5.33 Å². The smallest absolute Gasteiger partial charge is 0.347 e. The highest BCUT2D eigenvalue weighted by Gasteiger charge is 2.15. The molecule has 22 heavy (non-hydrogen) atoms. The summed E-state index contributed by atoms with van der Waals surface area (Å²) < 4.78 is 10.3. The van der Waals surface area contributed by atoms with Crippen molar-refractivity contribution < 1.29 is 19.1 Å². The van der Waals surface area contributed by atoms with Crippen molar-refractivity contribution in [2.24, 2.45) is 0 Å². The molecular formula is C17H15BrO4. The van der Waals surface area contributed by atoms with E-state index >= 15 is 0 Å². The summed E-state index contributed by atoms with van der Waals surface area (Å²) in [6.07, 6.45) is 0.906. The molecule has 0 heterocycles. The van der Waals surface area contributed by atoms with Gasteiger partial charge in [-0.3, -0.25) is 4.79 Å². The van der Waals surface area contributed by atoms with Crippen LogP contribution in [0.1, 0.15) is 22.8 Å². The molecular weight excluding hydrogens is 348 g/mol. The van der Waals surface area contributed by atoms with Gasteiger partial charge >= 0.3 is 11.9 Å². The number of rotatable bonds is 5. The highest BCUT2D eigenvalue weighted by atomic mass is 79.9. The lowest BCUT2D eigenvalue weighted by molar-refractivity contribution is -0.131. The van der Waals surface area contributed by atoms with E-state index in [4.69, 9.17) is 9.47 Å². The Morgan fingerprint density at radius 3 is 2.32 bits per heavy atom. The number of halogens is 1. The molecule has 0 spiro atoms. The van der Waals surface area contributed by atoms with E-state index in [9.17, 15) is 9.59 Å². The highest BCUT2D eigenvalue weighted by molar-refractivity contribution is 9.09. The summed E-state index contributed by atoms with van der Waals surface area (Å²) in [5.74, 6) is -0.415. The Balaban J connectivity index is 2.13. The molecule has 0 N–H and O–H groups in total. The van der Waals surface area contributed by atoms with Gasteiger partial charge in [-0.2, -0.15) is 0 Å². The Hall–Kier alpha value is -2.14. The number of hydrogen-bond acceptors (Lipinski definition) is 4. The first-order valence-electron chi connectivity index (χ1n) is 6.74. The zero-order valence-corrected chi connectivity index (χ0v) is 13.6. The molecule has 2 rings (SSSR count). The summed E-state index contributed by atoms with van der Waals surface area (Å²) in [6, 6.07) is 13.8. The summed E-state index contributed by atoms with van der Waals surface area (Å²) >= 11 is 3.38. The van der Waals surface area contributed by atoms with E-state index in [2.05, 4.69) is 15.9 Å². The zero-order chi connectivity index (χ0) is 15.9. The van der Waals surface area contributed by atoms with Crippen LogP contribution >= 0.6 is 15.9 Å². The van der Waals surface area contributed by atoms with Crippen molar-refractivity contribution in [3.8, 4) is 11.5 Å². The summed E-state index contributed by atoms with van der Waals surface area (Å²) in [4.78, 5) is 23.3. The monoisotopic (exact) mass is 362 g/mol. The maximum absolute atomic E-state index is 12.2. The van der Waals surface area contributed by atoms with Gasteiger partial charge in [0.15, 0.2) is 0 Å². The maximum atomic E-state index is 12.2. The summed E-state index contributed by atoms with van der Waals surface area (Å²) in [6.45, 7) is 1.28. The predicted molar refractivity (Wildman–Crippen MR) is 86.6 cm³/mol. The first-order chi connectivity index (χ1) is 10.6. The Labute approximate surface area is 137 Å². The Kier molecular flexibility index (Phi) is 5.72. The van der Waals surface area contributed by atoms with Gasteiger partial charge in [0.25, 0.3) is 0 Å². The van der Waals surface area contributed by atoms with Gasteiger partial charge in [-0.25, -0.2) is 4.79 Å². The first-order valence-corrected chi connectivity index (χ1v) is 7.87. The van der Waals surface area contributed by atoms with E-state index in [-0.39, 0.29) is 11.3 Å². The van der Waals surface area contributed by atoms with Gasteiger partial charge < -0.3 is 9.47 Å². The minimum Gasteiger partial charge on any atom is -0.426 e. The number of aryl methyl sites for hydroxylation is 1. The molecule has 0 atom stereocenters. The van der Waals surface area contributed by atoms with Gasteiger partial charge in [0.05, 0.1) is 0 Å². The van der Waals surface area contributed by atoms with Crippen LogP contribution in [0.25, 0.3) is 0 Å². The summed E-state index contributed by atoms with van der Waals surface area (Å²) in [5.41, 5.74) is 1.36. The minimum absolute atomic E-state index is 0.191. The average molecular weight is 363 g/mol. The molecule has 0 saturated carbocycles. The number of carbonyl (C=O) groups excluding carboxylic acids is 2. The molecule has 0 aromatic heterocycles. The Morgan fingerprint density at radius 1 is 1.00 bits per heavy atom. The van der Waals surface area contributed by atoms with E-state index in [1.54, 1.807) is 36.4 Å². The number of ether oxygens (including phenoxy) is 2. The lowest BCUT2D eigenvalue weighted by Crippen LogP contribution is -2.12. The Morgan fingerprint density at radius 2 is 1.68 bits per heavy atom. The second-order valence-corrected chi connectivity index (χ2v) is 5.36. The number of carbonyl (C=O) groups is 2. The van der Waals surface area contributed by atoms with Crippen LogP contribution in [0.2, 0.25) is 0 Å². The fourth-order valence-corrected chi connectivity index (χ4v) is 2.33. The number of para-hydroxylation sites is 1. The van der Waals surface area contributed by atoms with E-state index in [0.717, 1.165) is 17.3 Å². The largest absolute Gasteiger partial charge is 0.426 e. The van der Waals surface area contributed by atoms with Crippen molar-refractivity contribution in [1.29, 1.82) is 0 Å². The van der Waals surface area contributed by atoms with Gasteiger partial charge in [-0.1, -0.05) is 40.2 Å². The van der Waals surface area contributed by atoms with Crippen LogP contribution in [0.5, 0.6) is 11.5 Å². The number of hydrogen-bond donors (Lipinski definition) is 0. The van der Waals surface area contributed by atoms with Crippen LogP contribution in [-0.2, 0) is 11.2 Å². The molecule has 0 fully saturated rings. The highest BCUT2D eigenvalue weighted by Crippen LogP contribution is 2.21. The lowest BCUT2D eigenvalue weighted by atomic mass is 10.1. The van der Waals surface area contributed by atoms with Gasteiger partial charge in [0.1, 0.15) is 17.1 Å². The van der Waals surface area contributed by atoms with Gasteiger partial charge in [0.2, 0.25) is 0 Å². The second kappa shape index (κ2) is 7.75. The van der Waals surface area contributed by atoms with Crippen LogP contribution in [0, 0.1) is 0 Å². The molecule has 5 heteroatoms. The van der Waals surface area contributed by atoms with Crippen molar-refractivity contribution >= 4 is 27.9 Å². The third-order valence-electron chi connectivity index (χ3n) is 2.88. The van der Waals surface area contributed by atoms with Crippen molar-refractivity contribution in [3.05, 3.63) is 59.7 Å². The van der Waals surface area contributed by atoms with Crippen molar-refractivity contribution in [1.82, 2.24) is 0 Å². The van der Waals surface area contributed by atoms with Crippen LogP contribution < -0.4 is 9.47 Å². The van der Waals surface area contributed by atoms with Crippen LogP contribution in [0.4, 0.5) is 0 Å². The third-order valence-corrected chi connectivity index (χ3v) is 3.27. The third kappa shape index (κ3) is 4.43. The topological polar surface area (TPSA) is 52.6 Å². The van der Waals surface area contributed by atoms with Gasteiger partial charge in [-0.15, -0.1) is 0 Å². The number of benzene rings is 2. The number of esters is 2. The first kappa shape index (κ1) is 16.2. The van der Waals surface area contributed by atoms with Gasteiger partial charge in [0, 0.05) is 12.3 Å². The average Bonchev–Trinajstić information content (AvgIpc) is 2.49. The molecule has 0 unspecified atom stereocenters. The SMILES string of the molecule is CC(=O)Oc1ccccc1C(=O)Oc1ccc(CCBr)cc1. The molecule has 0 bridgehead atoms. The molecule has 0 radical (unpaired) electrons. The zero-order valence-electron chi connectivity index (χ0n) is 12.0. The van der Waals surface area contributed by atoms with Crippen LogP contribution in [0.15, 0.2) is 48.5 Å². The summed E-state index contributed by atoms with van der Waals surface area (Å²) in [7, 11) is 0. The van der Waals surface area contributed by atoms with E-state index < -0.39 is 11.9 Å². The van der Waals surface area contributed by atoms with E-state index in [0.29, 0.717) is 5.75 Å². The molecule has 2 aromatic carbocycles. The normalized spacial score (nSPS) is 10.1. The molecule has 0 saturated heterocycles.